The number of nitrogens with zero attached hydrogens (tertiary/aromatic N) is 1. The highest BCUT2D eigenvalue weighted by molar-refractivity contribution is 9.10. The molecule has 0 amide bonds. The third-order valence-electron chi connectivity index (χ3n) is 1.79. The van der Waals surface area contributed by atoms with Gasteiger partial charge >= 0.3 is 11.9 Å². The number of nitrogens with one attached hydrogen (secondary N) is 2. The Morgan fingerprint density at radius 2 is 2.22 bits per heavy atom. The van der Waals surface area contributed by atoms with Crippen molar-refractivity contribution in [2.75, 3.05) is 6.61 Å². The molecule has 0 atom stereocenters. The molecule has 1 heterocycles. The minimum absolute atomic E-state index is 0.0292. The van der Waals surface area contributed by atoms with Crippen molar-refractivity contribution in [1.82, 2.24) is 10.2 Å². The van der Waals surface area contributed by atoms with Crippen LogP contribution in [0.2, 0.25) is 0 Å². The van der Waals surface area contributed by atoms with Crippen LogP contribution in [-0.4, -0.2) is 35.0 Å². The fraction of sp³-hybridized carbons (Fsp3) is 0.200. The minimum atomic E-state index is -0.678. The van der Waals surface area contributed by atoms with Gasteiger partial charge in [-0.2, -0.15) is 5.10 Å². The second-order valence-corrected chi connectivity index (χ2v) is 3.77. The molecule has 1 rings (SSSR count). The summed E-state index contributed by atoms with van der Waals surface area (Å²) in [5, 5.41) is 13.0. The van der Waals surface area contributed by atoms with Gasteiger partial charge in [0, 0.05) is 12.3 Å². The summed E-state index contributed by atoms with van der Waals surface area (Å²) in [5.41, 5.74) is 0.452. The van der Waals surface area contributed by atoms with E-state index in [0.717, 1.165) is 12.3 Å². The average molecular weight is 316 g/mol. The van der Waals surface area contributed by atoms with Gasteiger partial charge in [-0.3, -0.25) is 5.10 Å². The third kappa shape index (κ3) is 3.52. The zero-order valence-electron chi connectivity index (χ0n) is 9.23. The molecular weight excluding hydrogens is 306 g/mol. The van der Waals surface area contributed by atoms with Gasteiger partial charge in [-0.05, 0) is 15.9 Å². The van der Waals surface area contributed by atoms with Crippen molar-refractivity contribution in [3.63, 3.8) is 0 Å². The van der Waals surface area contributed by atoms with E-state index in [0.29, 0.717) is 10.2 Å². The molecule has 18 heavy (non-hydrogen) atoms. The SMILES string of the molecule is C=CC(=O)OCc1[nH]nc(C(=O)OCC=N)c1Br. The van der Waals surface area contributed by atoms with Gasteiger partial charge in [-0.15, -0.1) is 0 Å². The largest absolute Gasteiger partial charge is 0.456 e. The monoisotopic (exact) mass is 315 g/mol. The number of hydrogen-bond acceptors (Lipinski definition) is 6. The van der Waals surface area contributed by atoms with E-state index in [-0.39, 0.29) is 18.9 Å². The molecule has 0 spiro atoms. The molecule has 0 saturated carbocycles. The topological polar surface area (TPSA) is 105 Å². The van der Waals surface area contributed by atoms with Gasteiger partial charge in [0.2, 0.25) is 0 Å². The highest BCUT2D eigenvalue weighted by Gasteiger charge is 2.19. The molecule has 0 aromatic carbocycles. The van der Waals surface area contributed by atoms with Gasteiger partial charge < -0.3 is 14.9 Å². The Hall–Kier alpha value is -1.96. The van der Waals surface area contributed by atoms with Gasteiger partial charge in [0.25, 0.3) is 0 Å². The number of ether oxygens (including phenoxy) is 2. The molecule has 96 valence electrons. The molecule has 0 aliphatic rings. The lowest BCUT2D eigenvalue weighted by Gasteiger charge is -2.00. The van der Waals surface area contributed by atoms with Crippen molar-refractivity contribution in [2.45, 2.75) is 6.61 Å². The number of carbonyl (C=O) groups excluding carboxylic acids is 2. The van der Waals surface area contributed by atoms with E-state index in [9.17, 15) is 9.59 Å². The Labute approximate surface area is 111 Å². The normalized spacial score (nSPS) is 9.61. The van der Waals surface area contributed by atoms with Crippen LogP contribution in [-0.2, 0) is 20.9 Å². The Bertz CT molecular complexity index is 483. The van der Waals surface area contributed by atoms with E-state index in [1.54, 1.807) is 0 Å². The summed E-state index contributed by atoms with van der Waals surface area (Å²) in [7, 11) is 0. The number of hydrogen-bond donors (Lipinski definition) is 2. The lowest BCUT2D eigenvalue weighted by Crippen LogP contribution is -2.08. The Morgan fingerprint density at radius 1 is 1.50 bits per heavy atom. The molecule has 8 heteroatoms. The highest BCUT2D eigenvalue weighted by atomic mass is 79.9. The first-order chi connectivity index (χ1) is 8.60. The maximum Gasteiger partial charge on any atom is 0.360 e. The van der Waals surface area contributed by atoms with Crippen LogP contribution in [0.25, 0.3) is 0 Å². The molecule has 1 aromatic heterocycles. The lowest BCUT2D eigenvalue weighted by atomic mass is 10.3. The second-order valence-electron chi connectivity index (χ2n) is 2.98. The van der Waals surface area contributed by atoms with Crippen LogP contribution >= 0.6 is 15.9 Å². The van der Waals surface area contributed by atoms with Crippen LogP contribution < -0.4 is 0 Å². The predicted octanol–water partition coefficient (Wildman–Crippen LogP) is 1.21. The third-order valence-corrected chi connectivity index (χ3v) is 2.65. The molecule has 7 nitrogen and oxygen atoms in total. The summed E-state index contributed by atoms with van der Waals surface area (Å²) in [5.74, 6) is -1.26. The summed E-state index contributed by atoms with van der Waals surface area (Å²) >= 11 is 3.15. The number of rotatable bonds is 6. The Morgan fingerprint density at radius 3 is 2.83 bits per heavy atom. The van der Waals surface area contributed by atoms with Crippen molar-refractivity contribution in [3.05, 3.63) is 28.5 Å². The highest BCUT2D eigenvalue weighted by Crippen LogP contribution is 2.20. The molecule has 0 bridgehead atoms. The Kier molecular flexibility index (Phi) is 5.25. The quantitative estimate of drug-likeness (QED) is 0.466. The van der Waals surface area contributed by atoms with Crippen LogP contribution in [0.5, 0.6) is 0 Å². The summed E-state index contributed by atoms with van der Waals surface area (Å²) in [6.07, 6.45) is 1.98. The first-order valence-corrected chi connectivity index (χ1v) is 5.57. The number of halogens is 1. The maximum absolute atomic E-state index is 11.5. The smallest absolute Gasteiger partial charge is 0.360 e. The van der Waals surface area contributed by atoms with Crippen molar-refractivity contribution < 1.29 is 19.1 Å². The predicted molar refractivity (Wildman–Crippen MR) is 65.3 cm³/mol. The molecular formula is C10H10BrN3O4. The zero-order valence-corrected chi connectivity index (χ0v) is 10.8. The van der Waals surface area contributed by atoms with Crippen LogP contribution in [0, 0.1) is 5.41 Å². The molecule has 0 aliphatic heterocycles. The first-order valence-electron chi connectivity index (χ1n) is 4.78. The zero-order chi connectivity index (χ0) is 13.5. The first kappa shape index (κ1) is 14.1. The lowest BCUT2D eigenvalue weighted by molar-refractivity contribution is -0.139. The van der Waals surface area contributed by atoms with Gasteiger partial charge in [0.05, 0.1) is 10.2 Å². The van der Waals surface area contributed by atoms with Crippen molar-refractivity contribution in [2.24, 2.45) is 0 Å². The minimum Gasteiger partial charge on any atom is -0.456 e. The van der Waals surface area contributed by atoms with Crippen LogP contribution in [0.3, 0.4) is 0 Å². The second kappa shape index (κ2) is 6.70. The van der Waals surface area contributed by atoms with E-state index in [4.69, 9.17) is 14.9 Å². The molecule has 0 fully saturated rings. The fourth-order valence-electron chi connectivity index (χ4n) is 0.983. The number of esters is 2. The number of aromatic nitrogens is 2. The summed E-state index contributed by atoms with van der Waals surface area (Å²) in [6.45, 7) is 3.06. The summed E-state index contributed by atoms with van der Waals surface area (Å²) in [6, 6.07) is 0. The number of carbonyl (C=O) groups is 2. The molecule has 1 aromatic rings. The molecule has 0 radical (unpaired) electrons. The van der Waals surface area contributed by atoms with E-state index >= 15 is 0 Å². The van der Waals surface area contributed by atoms with Crippen molar-refractivity contribution in [1.29, 1.82) is 5.41 Å². The fourth-order valence-corrected chi connectivity index (χ4v) is 1.44. The molecule has 0 unspecified atom stereocenters. The number of H-pyrrole nitrogens is 1. The van der Waals surface area contributed by atoms with Crippen LogP contribution in [0.4, 0.5) is 0 Å². The van der Waals surface area contributed by atoms with Gasteiger partial charge in [0.1, 0.15) is 13.2 Å². The van der Waals surface area contributed by atoms with Gasteiger partial charge in [-0.25, -0.2) is 9.59 Å². The van der Waals surface area contributed by atoms with E-state index in [1.165, 1.54) is 0 Å². The molecule has 0 saturated heterocycles. The standard InChI is InChI=1S/C10H10BrN3O4/c1-2-7(15)18-5-6-8(11)9(14-13-6)10(16)17-4-3-12/h2-3,12H,1,4-5H2,(H,13,14). The van der Waals surface area contributed by atoms with E-state index < -0.39 is 11.9 Å². The Balaban J connectivity index is 2.71. The van der Waals surface area contributed by atoms with Crippen LogP contribution in [0.1, 0.15) is 16.2 Å². The molecule has 0 aliphatic carbocycles. The van der Waals surface area contributed by atoms with E-state index in [2.05, 4.69) is 32.7 Å². The van der Waals surface area contributed by atoms with Crippen molar-refractivity contribution >= 4 is 34.1 Å². The van der Waals surface area contributed by atoms with Gasteiger partial charge in [-0.1, -0.05) is 6.58 Å². The summed E-state index contributed by atoms with van der Waals surface area (Å²) in [4.78, 5) is 22.3. The number of aromatic amines is 1. The van der Waals surface area contributed by atoms with Crippen LogP contribution in [0.15, 0.2) is 17.1 Å². The van der Waals surface area contributed by atoms with E-state index in [1.807, 2.05) is 0 Å². The van der Waals surface area contributed by atoms with Crippen molar-refractivity contribution in [3.8, 4) is 0 Å². The molecule has 2 N–H and O–H groups in total. The average Bonchev–Trinajstić information content (AvgIpc) is 2.74. The van der Waals surface area contributed by atoms with Gasteiger partial charge in [0.15, 0.2) is 5.69 Å². The summed E-state index contributed by atoms with van der Waals surface area (Å²) < 4.78 is 9.84. The maximum atomic E-state index is 11.5.